The van der Waals surface area contributed by atoms with Crippen LogP contribution >= 0.6 is 11.3 Å². The Morgan fingerprint density at radius 2 is 1.87 bits per heavy atom. The fourth-order valence-electron chi connectivity index (χ4n) is 2.77. The monoisotopic (exact) mass is 443 g/mol. The van der Waals surface area contributed by atoms with Gasteiger partial charge in [0.05, 0.1) is 4.90 Å². The van der Waals surface area contributed by atoms with Crippen molar-refractivity contribution in [3.05, 3.63) is 76.3 Å². The highest BCUT2D eigenvalue weighted by Gasteiger charge is 2.24. The summed E-state index contributed by atoms with van der Waals surface area (Å²) in [5, 5.41) is 3.25. The van der Waals surface area contributed by atoms with Gasteiger partial charge in [0.25, 0.3) is 5.91 Å². The minimum atomic E-state index is -3.66. The number of thiazole rings is 1. The summed E-state index contributed by atoms with van der Waals surface area (Å²) in [4.78, 5) is 18.0. The SMILES string of the molecule is Cc1ccc(Cc2cnc(NC(=O)c3cccc(S(=O)(=O)N(C)C(C)C)c3)s2)cc1. The number of hydrogen-bond donors (Lipinski definition) is 1. The first-order chi connectivity index (χ1) is 14.2. The Kier molecular flexibility index (Phi) is 6.70. The van der Waals surface area contributed by atoms with Crippen molar-refractivity contribution in [3.63, 3.8) is 0 Å². The van der Waals surface area contributed by atoms with Crippen LogP contribution in [0.5, 0.6) is 0 Å². The normalized spacial score (nSPS) is 11.8. The number of rotatable bonds is 7. The topological polar surface area (TPSA) is 79.4 Å². The summed E-state index contributed by atoms with van der Waals surface area (Å²) in [5.74, 6) is -0.393. The summed E-state index contributed by atoms with van der Waals surface area (Å²) in [6.07, 6.45) is 2.49. The molecular weight excluding hydrogens is 418 g/mol. The van der Waals surface area contributed by atoms with Crippen LogP contribution in [-0.4, -0.2) is 36.7 Å². The maximum atomic E-state index is 12.7. The van der Waals surface area contributed by atoms with Crippen molar-refractivity contribution < 1.29 is 13.2 Å². The predicted molar refractivity (Wildman–Crippen MR) is 121 cm³/mol. The number of benzene rings is 2. The van der Waals surface area contributed by atoms with E-state index in [1.165, 1.54) is 45.9 Å². The molecule has 0 unspecified atom stereocenters. The largest absolute Gasteiger partial charge is 0.298 e. The van der Waals surface area contributed by atoms with Crippen molar-refractivity contribution >= 4 is 32.4 Å². The Morgan fingerprint density at radius 1 is 1.17 bits per heavy atom. The molecule has 158 valence electrons. The Balaban J connectivity index is 1.72. The van der Waals surface area contributed by atoms with Gasteiger partial charge < -0.3 is 0 Å². The Hall–Kier alpha value is -2.55. The third-order valence-corrected chi connectivity index (χ3v) is 7.72. The number of amides is 1. The predicted octanol–water partition coefficient (Wildman–Crippen LogP) is 4.32. The molecule has 8 heteroatoms. The molecule has 0 aliphatic carbocycles. The molecule has 1 amide bonds. The van der Waals surface area contributed by atoms with Crippen LogP contribution in [0, 0.1) is 6.92 Å². The molecule has 6 nitrogen and oxygen atoms in total. The van der Waals surface area contributed by atoms with Crippen molar-refractivity contribution in [3.8, 4) is 0 Å². The summed E-state index contributed by atoms with van der Waals surface area (Å²) in [5.41, 5.74) is 2.65. The van der Waals surface area contributed by atoms with Crippen molar-refractivity contribution in [1.82, 2.24) is 9.29 Å². The lowest BCUT2D eigenvalue weighted by Crippen LogP contribution is -2.33. The van der Waals surface area contributed by atoms with Crippen LogP contribution in [-0.2, 0) is 16.4 Å². The molecule has 1 aromatic heterocycles. The summed E-state index contributed by atoms with van der Waals surface area (Å²) in [6, 6.07) is 14.1. The first kappa shape index (κ1) is 22.1. The van der Waals surface area contributed by atoms with Gasteiger partial charge in [0.2, 0.25) is 10.0 Å². The standard InChI is InChI=1S/C22H25N3O3S2/c1-15(2)25(4)30(27,28)20-7-5-6-18(13-20)21(26)24-22-23-14-19(29-22)12-17-10-8-16(3)9-11-17/h5-11,13-15H,12H2,1-4H3,(H,23,24,26). The van der Waals surface area contributed by atoms with Crippen molar-refractivity contribution in [2.45, 2.75) is 38.1 Å². The number of nitrogens with zero attached hydrogens (tertiary/aromatic N) is 2. The maximum Gasteiger partial charge on any atom is 0.257 e. The minimum absolute atomic E-state index is 0.0885. The summed E-state index contributed by atoms with van der Waals surface area (Å²) < 4.78 is 26.7. The van der Waals surface area contributed by atoms with E-state index in [2.05, 4.69) is 34.6 Å². The zero-order valence-corrected chi connectivity index (χ0v) is 19.0. The number of hydrogen-bond acceptors (Lipinski definition) is 5. The fraction of sp³-hybridized carbons (Fsp3) is 0.273. The zero-order chi connectivity index (χ0) is 21.9. The average molecular weight is 444 g/mol. The third-order valence-electron chi connectivity index (χ3n) is 4.77. The van der Waals surface area contributed by atoms with E-state index in [9.17, 15) is 13.2 Å². The van der Waals surface area contributed by atoms with E-state index in [1.807, 2.05) is 6.92 Å². The number of sulfonamides is 1. The van der Waals surface area contributed by atoms with Crippen LogP contribution in [0.15, 0.2) is 59.6 Å². The van der Waals surface area contributed by atoms with E-state index in [1.54, 1.807) is 32.2 Å². The van der Waals surface area contributed by atoms with Gasteiger partial charge in [-0.1, -0.05) is 35.9 Å². The Morgan fingerprint density at radius 3 is 2.53 bits per heavy atom. The molecule has 0 saturated carbocycles. The van der Waals surface area contributed by atoms with E-state index in [0.717, 1.165) is 11.3 Å². The van der Waals surface area contributed by atoms with Gasteiger partial charge in [-0.2, -0.15) is 4.31 Å². The second-order valence-electron chi connectivity index (χ2n) is 7.39. The molecule has 0 saturated heterocycles. The first-order valence-corrected chi connectivity index (χ1v) is 11.8. The molecular formula is C22H25N3O3S2. The van der Waals surface area contributed by atoms with Crippen LogP contribution in [0.3, 0.4) is 0 Å². The van der Waals surface area contributed by atoms with Crippen molar-refractivity contribution in [1.29, 1.82) is 0 Å². The molecule has 1 heterocycles. The van der Waals surface area contributed by atoms with Crippen molar-refractivity contribution in [2.75, 3.05) is 12.4 Å². The molecule has 0 bridgehead atoms. The van der Waals surface area contributed by atoms with E-state index >= 15 is 0 Å². The lowest BCUT2D eigenvalue weighted by molar-refractivity contribution is 0.102. The van der Waals surface area contributed by atoms with Crippen LogP contribution < -0.4 is 5.32 Å². The molecule has 3 rings (SSSR count). The molecule has 30 heavy (non-hydrogen) atoms. The molecule has 0 aliphatic heterocycles. The van der Waals surface area contributed by atoms with Crippen LogP contribution in [0.2, 0.25) is 0 Å². The van der Waals surface area contributed by atoms with E-state index in [0.29, 0.717) is 5.13 Å². The highest BCUT2D eigenvalue weighted by molar-refractivity contribution is 7.89. The zero-order valence-electron chi connectivity index (χ0n) is 17.4. The fourth-order valence-corrected chi connectivity index (χ4v) is 5.02. The molecule has 0 radical (unpaired) electrons. The number of carbonyl (C=O) groups is 1. The number of carbonyl (C=O) groups excluding carboxylic acids is 1. The molecule has 0 atom stereocenters. The van der Waals surface area contributed by atoms with E-state index in [-0.39, 0.29) is 16.5 Å². The van der Waals surface area contributed by atoms with E-state index in [4.69, 9.17) is 0 Å². The first-order valence-electron chi connectivity index (χ1n) is 9.56. The molecule has 0 aliphatic rings. The molecule has 3 aromatic rings. The second kappa shape index (κ2) is 9.07. The van der Waals surface area contributed by atoms with Gasteiger partial charge in [-0.3, -0.25) is 10.1 Å². The molecule has 2 aromatic carbocycles. The van der Waals surface area contributed by atoms with Crippen molar-refractivity contribution in [2.24, 2.45) is 0 Å². The maximum absolute atomic E-state index is 12.7. The summed E-state index contributed by atoms with van der Waals surface area (Å²) >= 11 is 1.40. The van der Waals surface area contributed by atoms with Gasteiger partial charge in [0.1, 0.15) is 0 Å². The Bertz CT molecular complexity index is 1140. The van der Waals surface area contributed by atoms with Gasteiger partial charge in [0.15, 0.2) is 5.13 Å². The van der Waals surface area contributed by atoms with Crippen LogP contribution in [0.1, 0.15) is 40.2 Å². The lowest BCUT2D eigenvalue weighted by atomic mass is 10.1. The number of nitrogens with one attached hydrogen (secondary N) is 1. The van der Waals surface area contributed by atoms with E-state index < -0.39 is 15.9 Å². The summed E-state index contributed by atoms with van der Waals surface area (Å²) in [6.45, 7) is 5.64. The second-order valence-corrected chi connectivity index (χ2v) is 10.5. The van der Waals surface area contributed by atoms with Gasteiger partial charge >= 0.3 is 0 Å². The van der Waals surface area contributed by atoms with Crippen LogP contribution in [0.25, 0.3) is 0 Å². The summed E-state index contributed by atoms with van der Waals surface area (Å²) in [7, 11) is -2.13. The van der Waals surface area contributed by atoms with Gasteiger partial charge in [-0.15, -0.1) is 11.3 Å². The van der Waals surface area contributed by atoms with Gasteiger partial charge in [-0.25, -0.2) is 13.4 Å². The third kappa shape index (κ3) is 5.13. The molecule has 0 spiro atoms. The highest BCUT2D eigenvalue weighted by atomic mass is 32.2. The average Bonchev–Trinajstić information content (AvgIpc) is 3.15. The quantitative estimate of drug-likeness (QED) is 0.590. The lowest BCUT2D eigenvalue weighted by Gasteiger charge is -2.21. The van der Waals surface area contributed by atoms with Gasteiger partial charge in [0, 0.05) is 36.1 Å². The number of aromatic nitrogens is 1. The van der Waals surface area contributed by atoms with Gasteiger partial charge in [-0.05, 0) is 44.5 Å². The molecule has 1 N–H and O–H groups in total. The number of aryl methyl sites for hydroxylation is 1. The minimum Gasteiger partial charge on any atom is -0.298 e. The Labute approximate surface area is 181 Å². The smallest absolute Gasteiger partial charge is 0.257 e. The van der Waals surface area contributed by atoms with Crippen LogP contribution in [0.4, 0.5) is 5.13 Å². The number of anilines is 1. The molecule has 0 fully saturated rings. The highest BCUT2D eigenvalue weighted by Crippen LogP contribution is 2.23.